The summed E-state index contributed by atoms with van der Waals surface area (Å²) >= 11 is 0. The number of aryl methyl sites for hydroxylation is 1. The molecule has 0 amide bonds. The molecule has 5 atom stereocenters. The fourth-order valence-corrected chi connectivity index (χ4v) is 4.21. The number of rotatable bonds is 7. The molecule has 0 spiro atoms. The first-order chi connectivity index (χ1) is 15.7. The molecule has 188 valence electrons. The van der Waals surface area contributed by atoms with E-state index in [1.54, 1.807) is 6.92 Å². The minimum absolute atomic E-state index is 0.0585. The summed E-state index contributed by atoms with van der Waals surface area (Å²) in [6.45, 7) is 1.65. The van der Waals surface area contributed by atoms with E-state index in [-0.39, 0.29) is 11.3 Å². The van der Waals surface area contributed by atoms with Crippen molar-refractivity contribution in [2.45, 2.75) is 37.6 Å². The smallest absolute Gasteiger partial charge is 0.397 e. The molecule has 17 heteroatoms. The number of carbonyl (C=O) groups excluding carboxylic acids is 1. The molecular weight excluding hydrogens is 508 g/mol. The van der Waals surface area contributed by atoms with Crippen molar-refractivity contribution in [2.75, 3.05) is 7.11 Å². The quantitative estimate of drug-likeness (QED) is 0.226. The number of hydrogen-bond acceptors (Lipinski definition) is 13. The highest BCUT2D eigenvalue weighted by molar-refractivity contribution is 7.81. The standard InChI is InChI=1S/C17H18O15S2/c1-7-5-11(18)29-10-6-8(3-4-9(7)10)28-17-14(32-34(24,25)26)12(19)13(31-33(21,22)23)15(30-17)16(20)27-2/h3-6,12-15,17,19H,1-2H3,(H,21,22,23)(H,24,25,26)/t12?,13-,14?,15?,17-/m1/s1. The van der Waals surface area contributed by atoms with Gasteiger partial charge in [-0.2, -0.15) is 16.8 Å². The summed E-state index contributed by atoms with van der Waals surface area (Å²) in [4.78, 5) is 23.8. The molecule has 1 aromatic heterocycles. The fourth-order valence-electron chi connectivity index (χ4n) is 3.23. The van der Waals surface area contributed by atoms with Crippen LogP contribution in [0.5, 0.6) is 5.75 Å². The number of fused-ring (bicyclic) bond motifs is 1. The lowest BCUT2D eigenvalue weighted by Gasteiger charge is -2.41. The second-order valence-electron chi connectivity index (χ2n) is 6.94. The van der Waals surface area contributed by atoms with E-state index >= 15 is 0 Å². The number of ether oxygens (including phenoxy) is 3. The monoisotopic (exact) mass is 526 g/mol. The normalized spacial score (nSPS) is 25.7. The van der Waals surface area contributed by atoms with Crippen molar-refractivity contribution in [2.24, 2.45) is 0 Å². The Morgan fingerprint density at radius 3 is 2.24 bits per heavy atom. The number of aliphatic hydroxyl groups is 1. The van der Waals surface area contributed by atoms with Gasteiger partial charge in [-0.3, -0.25) is 9.11 Å². The fraction of sp³-hybridized carbons (Fsp3) is 0.412. The lowest BCUT2D eigenvalue weighted by atomic mass is 9.99. The van der Waals surface area contributed by atoms with Gasteiger partial charge in [-0.05, 0) is 24.6 Å². The molecule has 1 saturated heterocycles. The van der Waals surface area contributed by atoms with Gasteiger partial charge < -0.3 is 23.7 Å². The molecule has 0 bridgehead atoms. The Labute approximate surface area is 191 Å². The third-order valence-electron chi connectivity index (χ3n) is 4.59. The van der Waals surface area contributed by atoms with Gasteiger partial charge in [-0.1, -0.05) is 0 Å². The molecule has 3 N–H and O–H groups in total. The molecule has 0 radical (unpaired) electrons. The zero-order chi connectivity index (χ0) is 25.4. The Balaban J connectivity index is 2.03. The van der Waals surface area contributed by atoms with Crippen LogP contribution in [0.25, 0.3) is 11.0 Å². The Morgan fingerprint density at radius 1 is 1.03 bits per heavy atom. The molecule has 15 nitrogen and oxygen atoms in total. The molecular formula is C17H18O15S2. The number of aliphatic hydroxyl groups excluding tert-OH is 1. The zero-order valence-corrected chi connectivity index (χ0v) is 18.9. The molecule has 1 aliphatic rings. The number of hydrogen-bond donors (Lipinski definition) is 3. The SMILES string of the molecule is COC(=O)C1O[C@@H](Oc2ccc3c(C)cc(=O)oc3c2)C(OS(=O)(=O)O)C(O)[C@H]1OS(=O)(=O)O. The molecule has 34 heavy (non-hydrogen) atoms. The molecule has 1 aliphatic heterocycles. The van der Waals surface area contributed by atoms with Crippen LogP contribution < -0.4 is 10.4 Å². The van der Waals surface area contributed by atoms with Gasteiger partial charge in [0.05, 0.1) is 7.11 Å². The van der Waals surface area contributed by atoms with Crippen LogP contribution in [-0.2, 0) is 43.4 Å². The van der Waals surface area contributed by atoms with Gasteiger partial charge >= 0.3 is 32.4 Å². The largest absolute Gasteiger partial charge is 0.467 e. The summed E-state index contributed by atoms with van der Waals surface area (Å²) in [7, 11) is -9.73. The van der Waals surface area contributed by atoms with Crippen LogP contribution in [0, 0.1) is 6.92 Å². The topological polar surface area (TPSA) is 222 Å². The lowest BCUT2D eigenvalue weighted by Crippen LogP contribution is -2.63. The van der Waals surface area contributed by atoms with Crippen molar-refractivity contribution in [3.8, 4) is 5.75 Å². The van der Waals surface area contributed by atoms with Gasteiger partial charge in [-0.25, -0.2) is 18.0 Å². The van der Waals surface area contributed by atoms with E-state index < -0.39 is 63.1 Å². The minimum Gasteiger partial charge on any atom is -0.467 e. The van der Waals surface area contributed by atoms with Gasteiger partial charge in [0, 0.05) is 17.5 Å². The molecule has 2 aromatic rings. The molecule has 0 saturated carbocycles. The summed E-state index contributed by atoms with van der Waals surface area (Å²) in [5.74, 6) is -1.44. The first-order valence-corrected chi connectivity index (χ1v) is 11.9. The van der Waals surface area contributed by atoms with Crippen molar-refractivity contribution in [3.63, 3.8) is 0 Å². The number of esters is 1. The van der Waals surface area contributed by atoms with Crippen LogP contribution >= 0.6 is 0 Å². The van der Waals surface area contributed by atoms with Gasteiger partial charge in [-0.15, -0.1) is 0 Å². The molecule has 3 rings (SSSR count). The molecule has 3 unspecified atom stereocenters. The van der Waals surface area contributed by atoms with Crippen LogP contribution in [0.4, 0.5) is 0 Å². The summed E-state index contributed by atoms with van der Waals surface area (Å²) in [5.41, 5.74) is -0.0380. The second-order valence-corrected chi connectivity index (χ2v) is 9.04. The Hall–Kier alpha value is -2.64. The predicted molar refractivity (Wildman–Crippen MR) is 107 cm³/mol. The summed E-state index contributed by atoms with van der Waals surface area (Å²) in [6.07, 6.45) is -10.9. The highest BCUT2D eigenvalue weighted by atomic mass is 32.3. The van der Waals surface area contributed by atoms with Gasteiger partial charge in [0.2, 0.25) is 6.29 Å². The average molecular weight is 526 g/mol. The number of carbonyl (C=O) groups is 1. The second kappa shape index (κ2) is 9.55. The van der Waals surface area contributed by atoms with Crippen molar-refractivity contribution in [1.29, 1.82) is 0 Å². The van der Waals surface area contributed by atoms with E-state index in [4.69, 9.17) is 23.0 Å². The lowest BCUT2D eigenvalue weighted by molar-refractivity contribution is -0.262. The summed E-state index contributed by atoms with van der Waals surface area (Å²) in [5, 5.41) is 11.1. The minimum atomic E-state index is -5.31. The molecule has 1 fully saturated rings. The van der Waals surface area contributed by atoms with Gasteiger partial charge in [0.15, 0.2) is 12.2 Å². The van der Waals surface area contributed by atoms with E-state index in [2.05, 4.69) is 13.1 Å². The van der Waals surface area contributed by atoms with E-state index in [0.717, 1.165) is 7.11 Å². The van der Waals surface area contributed by atoms with E-state index in [1.807, 2.05) is 0 Å². The van der Waals surface area contributed by atoms with Crippen molar-refractivity contribution >= 4 is 37.7 Å². The Morgan fingerprint density at radius 2 is 1.65 bits per heavy atom. The third kappa shape index (κ3) is 6.07. The maximum Gasteiger partial charge on any atom is 0.397 e. The number of methoxy groups -OCH3 is 1. The van der Waals surface area contributed by atoms with Gasteiger partial charge in [0.1, 0.15) is 23.5 Å². The summed E-state index contributed by atoms with van der Waals surface area (Å²) < 4.78 is 91.9. The van der Waals surface area contributed by atoms with Crippen LogP contribution in [-0.4, -0.2) is 74.8 Å². The average Bonchev–Trinajstić information content (AvgIpc) is 2.70. The highest BCUT2D eigenvalue weighted by Gasteiger charge is 2.54. The van der Waals surface area contributed by atoms with Crippen molar-refractivity contribution in [3.05, 3.63) is 40.2 Å². The highest BCUT2D eigenvalue weighted by Crippen LogP contribution is 2.31. The number of benzene rings is 1. The predicted octanol–water partition coefficient (Wildman–Crippen LogP) is -0.885. The Kier molecular flexibility index (Phi) is 7.29. The molecule has 1 aromatic carbocycles. The summed E-state index contributed by atoms with van der Waals surface area (Å²) in [6, 6.07) is 5.26. The van der Waals surface area contributed by atoms with Crippen molar-refractivity contribution < 1.29 is 62.8 Å². The third-order valence-corrected chi connectivity index (χ3v) is 5.53. The van der Waals surface area contributed by atoms with Gasteiger partial charge in [0.25, 0.3) is 0 Å². The van der Waals surface area contributed by atoms with Crippen LogP contribution in [0.2, 0.25) is 0 Å². The first kappa shape index (κ1) is 26.0. The maximum atomic E-state index is 12.1. The van der Waals surface area contributed by atoms with E-state index in [0.29, 0.717) is 10.9 Å². The van der Waals surface area contributed by atoms with Crippen molar-refractivity contribution in [1.82, 2.24) is 0 Å². The van der Waals surface area contributed by atoms with Crippen LogP contribution in [0.1, 0.15) is 5.56 Å². The van der Waals surface area contributed by atoms with Crippen LogP contribution in [0.3, 0.4) is 0 Å². The first-order valence-electron chi connectivity index (χ1n) is 9.12. The molecule has 2 heterocycles. The van der Waals surface area contributed by atoms with E-state index in [1.165, 1.54) is 24.3 Å². The van der Waals surface area contributed by atoms with Crippen LogP contribution in [0.15, 0.2) is 33.5 Å². The van der Waals surface area contributed by atoms with E-state index in [9.17, 15) is 31.5 Å². The Bertz CT molecular complexity index is 1350. The zero-order valence-electron chi connectivity index (χ0n) is 17.3. The maximum absolute atomic E-state index is 12.1. The molecule has 0 aliphatic carbocycles.